The number of halogens is 1. The van der Waals surface area contributed by atoms with E-state index < -0.39 is 0 Å². The maximum Gasteiger partial charge on any atom is 0.255 e. The molecule has 0 bridgehead atoms. The highest BCUT2D eigenvalue weighted by Gasteiger charge is 2.16. The molecule has 4 nitrogen and oxygen atoms in total. The van der Waals surface area contributed by atoms with Gasteiger partial charge in [-0.15, -0.1) is 0 Å². The SMILES string of the molecule is CCC(C)Oc1cccc(C(=O)Nc2ccc(N3CCCCC3)c(F)c2)c1. The Hall–Kier alpha value is -2.56. The molecule has 1 fully saturated rings. The minimum atomic E-state index is -0.302. The zero-order valence-corrected chi connectivity index (χ0v) is 16.0. The Morgan fingerprint density at radius 1 is 1.19 bits per heavy atom. The lowest BCUT2D eigenvalue weighted by atomic mass is 10.1. The maximum absolute atomic E-state index is 14.5. The van der Waals surface area contributed by atoms with E-state index in [4.69, 9.17) is 4.74 Å². The molecule has 1 aliphatic rings. The quantitative estimate of drug-likeness (QED) is 0.755. The minimum Gasteiger partial charge on any atom is -0.491 e. The van der Waals surface area contributed by atoms with Crippen molar-refractivity contribution in [1.29, 1.82) is 0 Å². The number of anilines is 2. The third-order valence-electron chi connectivity index (χ3n) is 4.91. The number of carbonyl (C=O) groups excluding carboxylic acids is 1. The highest BCUT2D eigenvalue weighted by Crippen LogP contribution is 2.26. The predicted octanol–water partition coefficient (Wildman–Crippen LogP) is 5.25. The number of ether oxygens (including phenoxy) is 1. The smallest absolute Gasteiger partial charge is 0.255 e. The molecule has 1 amide bonds. The number of amides is 1. The van der Waals surface area contributed by atoms with E-state index >= 15 is 0 Å². The van der Waals surface area contributed by atoms with Gasteiger partial charge >= 0.3 is 0 Å². The molecule has 2 aromatic rings. The van der Waals surface area contributed by atoms with E-state index in [2.05, 4.69) is 10.2 Å². The number of hydrogen-bond donors (Lipinski definition) is 1. The molecular weight excluding hydrogens is 343 g/mol. The lowest BCUT2D eigenvalue weighted by Gasteiger charge is -2.29. The van der Waals surface area contributed by atoms with Crippen LogP contribution in [0, 0.1) is 5.82 Å². The highest BCUT2D eigenvalue weighted by molar-refractivity contribution is 6.04. The Morgan fingerprint density at radius 2 is 1.96 bits per heavy atom. The van der Waals surface area contributed by atoms with E-state index in [0.717, 1.165) is 32.4 Å². The zero-order chi connectivity index (χ0) is 19.2. The Bertz CT molecular complexity index is 788. The standard InChI is InChI=1S/C22H27FN2O2/c1-3-16(2)27-19-9-7-8-17(14-19)22(26)24-18-10-11-21(20(23)15-18)25-12-5-4-6-13-25/h7-11,14-16H,3-6,12-13H2,1-2H3,(H,24,26). The third kappa shape index (κ3) is 5.00. The molecule has 27 heavy (non-hydrogen) atoms. The van der Waals surface area contributed by atoms with Gasteiger partial charge in [-0.25, -0.2) is 4.39 Å². The van der Waals surface area contributed by atoms with Crippen molar-refractivity contribution in [2.24, 2.45) is 0 Å². The van der Waals surface area contributed by atoms with E-state index in [1.54, 1.807) is 30.3 Å². The maximum atomic E-state index is 14.5. The van der Waals surface area contributed by atoms with Gasteiger partial charge in [0, 0.05) is 24.3 Å². The summed E-state index contributed by atoms with van der Waals surface area (Å²) in [7, 11) is 0. The van der Waals surface area contributed by atoms with Gasteiger partial charge in [0.05, 0.1) is 11.8 Å². The van der Waals surface area contributed by atoms with Crippen molar-refractivity contribution in [3.8, 4) is 5.75 Å². The first-order chi connectivity index (χ1) is 13.1. The summed E-state index contributed by atoms with van der Waals surface area (Å²) in [6.45, 7) is 5.79. The van der Waals surface area contributed by atoms with Gasteiger partial charge in [0.25, 0.3) is 5.91 Å². The van der Waals surface area contributed by atoms with Gasteiger partial charge in [-0.05, 0) is 69.0 Å². The monoisotopic (exact) mass is 370 g/mol. The molecule has 0 aromatic heterocycles. The van der Waals surface area contributed by atoms with E-state index in [0.29, 0.717) is 22.7 Å². The first-order valence-electron chi connectivity index (χ1n) is 9.69. The molecule has 0 aliphatic carbocycles. The summed E-state index contributed by atoms with van der Waals surface area (Å²) in [6, 6.07) is 11.9. The summed E-state index contributed by atoms with van der Waals surface area (Å²) >= 11 is 0. The number of nitrogens with zero attached hydrogens (tertiary/aromatic N) is 1. The summed E-state index contributed by atoms with van der Waals surface area (Å²) in [5, 5.41) is 2.77. The van der Waals surface area contributed by atoms with Crippen LogP contribution in [0.15, 0.2) is 42.5 Å². The fraction of sp³-hybridized carbons (Fsp3) is 0.409. The lowest BCUT2D eigenvalue weighted by molar-refractivity contribution is 0.102. The van der Waals surface area contributed by atoms with Crippen LogP contribution >= 0.6 is 0 Å². The number of rotatable bonds is 6. The van der Waals surface area contributed by atoms with Crippen LogP contribution in [0.25, 0.3) is 0 Å². The van der Waals surface area contributed by atoms with Gasteiger partial charge in [0.2, 0.25) is 0 Å². The minimum absolute atomic E-state index is 0.0831. The average molecular weight is 370 g/mol. The number of nitrogens with one attached hydrogen (secondary N) is 1. The van der Waals surface area contributed by atoms with E-state index in [1.165, 1.54) is 12.5 Å². The van der Waals surface area contributed by atoms with Gasteiger partial charge in [-0.1, -0.05) is 13.0 Å². The molecular formula is C22H27FN2O2. The normalized spacial score (nSPS) is 15.3. The fourth-order valence-corrected chi connectivity index (χ4v) is 3.21. The Balaban J connectivity index is 1.69. The number of carbonyl (C=O) groups is 1. The second kappa shape index (κ2) is 8.89. The molecule has 1 aliphatic heterocycles. The molecule has 1 saturated heterocycles. The molecule has 0 spiro atoms. The predicted molar refractivity (Wildman–Crippen MR) is 107 cm³/mol. The van der Waals surface area contributed by atoms with Crippen molar-refractivity contribution in [3.63, 3.8) is 0 Å². The second-order valence-corrected chi connectivity index (χ2v) is 7.03. The molecule has 0 saturated carbocycles. The Morgan fingerprint density at radius 3 is 2.67 bits per heavy atom. The molecule has 2 aromatic carbocycles. The molecule has 5 heteroatoms. The van der Waals surface area contributed by atoms with Gasteiger partial charge in [-0.2, -0.15) is 0 Å². The Labute approximate surface area is 160 Å². The summed E-state index contributed by atoms with van der Waals surface area (Å²) in [5.41, 5.74) is 1.54. The average Bonchev–Trinajstić information content (AvgIpc) is 2.69. The first kappa shape index (κ1) is 19.2. The van der Waals surface area contributed by atoms with E-state index in [1.807, 2.05) is 19.9 Å². The summed E-state index contributed by atoms with van der Waals surface area (Å²) in [6.07, 6.45) is 4.35. The van der Waals surface area contributed by atoms with Crippen molar-refractivity contribution >= 4 is 17.3 Å². The Kier molecular flexibility index (Phi) is 6.32. The van der Waals surface area contributed by atoms with Crippen LogP contribution in [0.2, 0.25) is 0 Å². The topological polar surface area (TPSA) is 41.6 Å². The van der Waals surface area contributed by atoms with Crippen LogP contribution in [0.4, 0.5) is 15.8 Å². The van der Waals surface area contributed by atoms with Crippen LogP contribution < -0.4 is 15.0 Å². The van der Waals surface area contributed by atoms with E-state index in [-0.39, 0.29) is 17.8 Å². The molecule has 1 atom stereocenters. The molecule has 3 rings (SSSR count). The van der Waals surface area contributed by atoms with E-state index in [9.17, 15) is 9.18 Å². The molecule has 1 heterocycles. The summed E-state index contributed by atoms with van der Waals surface area (Å²) < 4.78 is 20.3. The number of piperidine rings is 1. The first-order valence-corrected chi connectivity index (χ1v) is 9.69. The van der Waals surface area contributed by atoms with Crippen LogP contribution in [0.5, 0.6) is 5.75 Å². The summed E-state index contributed by atoms with van der Waals surface area (Å²) in [5.74, 6) is 0.0712. The number of benzene rings is 2. The molecule has 1 unspecified atom stereocenters. The van der Waals surface area contributed by atoms with Gasteiger partial charge < -0.3 is 15.0 Å². The van der Waals surface area contributed by atoms with Crippen LogP contribution in [0.3, 0.4) is 0 Å². The molecule has 1 N–H and O–H groups in total. The fourth-order valence-electron chi connectivity index (χ4n) is 3.21. The van der Waals surface area contributed by atoms with Gasteiger partial charge in [0.15, 0.2) is 0 Å². The largest absolute Gasteiger partial charge is 0.491 e. The lowest BCUT2D eigenvalue weighted by Crippen LogP contribution is -2.30. The number of hydrogen-bond acceptors (Lipinski definition) is 3. The van der Waals surface area contributed by atoms with Crippen molar-refractivity contribution in [3.05, 3.63) is 53.8 Å². The third-order valence-corrected chi connectivity index (χ3v) is 4.91. The van der Waals surface area contributed by atoms with Crippen LogP contribution in [-0.4, -0.2) is 25.1 Å². The molecule has 0 radical (unpaired) electrons. The zero-order valence-electron chi connectivity index (χ0n) is 16.0. The highest BCUT2D eigenvalue weighted by atomic mass is 19.1. The van der Waals surface area contributed by atoms with Crippen LogP contribution in [-0.2, 0) is 0 Å². The second-order valence-electron chi connectivity index (χ2n) is 7.03. The van der Waals surface area contributed by atoms with Crippen molar-refractivity contribution in [2.75, 3.05) is 23.3 Å². The van der Waals surface area contributed by atoms with Crippen molar-refractivity contribution in [1.82, 2.24) is 0 Å². The molecule has 144 valence electrons. The van der Waals surface area contributed by atoms with Gasteiger partial charge in [0.1, 0.15) is 11.6 Å². The van der Waals surface area contributed by atoms with Crippen molar-refractivity contribution in [2.45, 2.75) is 45.6 Å². The van der Waals surface area contributed by atoms with Gasteiger partial charge in [-0.3, -0.25) is 4.79 Å². The van der Waals surface area contributed by atoms with Crippen molar-refractivity contribution < 1.29 is 13.9 Å². The summed E-state index contributed by atoms with van der Waals surface area (Å²) in [4.78, 5) is 14.6. The van der Waals surface area contributed by atoms with Crippen LogP contribution in [0.1, 0.15) is 49.9 Å².